The van der Waals surface area contributed by atoms with Crippen LogP contribution in [0, 0.1) is 17.8 Å². The van der Waals surface area contributed by atoms with Gasteiger partial charge in [0, 0.05) is 19.0 Å². The van der Waals surface area contributed by atoms with Gasteiger partial charge in [0.05, 0.1) is 11.2 Å². The van der Waals surface area contributed by atoms with E-state index in [-0.39, 0.29) is 17.1 Å². The summed E-state index contributed by atoms with van der Waals surface area (Å²) in [5.41, 5.74) is -0.614. The van der Waals surface area contributed by atoms with E-state index in [4.69, 9.17) is 4.74 Å². The summed E-state index contributed by atoms with van der Waals surface area (Å²) in [4.78, 5) is 1.93. The molecule has 0 bridgehead atoms. The van der Waals surface area contributed by atoms with Gasteiger partial charge in [0.25, 0.3) is 0 Å². The van der Waals surface area contributed by atoms with Gasteiger partial charge in [-0.3, -0.25) is 4.90 Å². The van der Waals surface area contributed by atoms with E-state index in [1.165, 1.54) is 19.3 Å². The molecule has 2 atom stereocenters. The summed E-state index contributed by atoms with van der Waals surface area (Å²) in [7, 11) is 0. The molecule has 2 aliphatic heterocycles. The van der Waals surface area contributed by atoms with Gasteiger partial charge in [-0.1, -0.05) is 6.42 Å². The number of rotatable bonds is 2. The molecule has 0 aromatic carbocycles. The van der Waals surface area contributed by atoms with Crippen LogP contribution < -0.4 is 0 Å². The second-order valence-corrected chi connectivity index (χ2v) is 8.77. The topological polar surface area (TPSA) is 52.9 Å². The first kappa shape index (κ1) is 15.7. The smallest absolute Gasteiger partial charge is 0.228 e. The maximum Gasteiger partial charge on any atom is 0.228 e. The van der Waals surface area contributed by atoms with E-state index >= 15 is 0 Å². The van der Waals surface area contributed by atoms with Gasteiger partial charge in [-0.25, -0.2) is 0 Å². The van der Waals surface area contributed by atoms with Gasteiger partial charge in [0.15, 0.2) is 0 Å². The van der Waals surface area contributed by atoms with Gasteiger partial charge in [-0.2, -0.15) is 0 Å². The van der Waals surface area contributed by atoms with E-state index in [0.717, 1.165) is 13.1 Å². The van der Waals surface area contributed by atoms with Crippen LogP contribution in [0.3, 0.4) is 0 Å². The minimum atomic E-state index is -1.69. The van der Waals surface area contributed by atoms with Crippen LogP contribution in [0.5, 0.6) is 0 Å². The van der Waals surface area contributed by atoms with Crippen molar-refractivity contribution in [1.82, 2.24) is 4.90 Å². The number of nitrogens with zero attached hydrogens (tertiary/aromatic N) is 1. The Labute approximate surface area is 128 Å². The van der Waals surface area contributed by atoms with E-state index in [1.807, 2.05) is 4.90 Å². The van der Waals surface area contributed by atoms with Crippen LogP contribution >= 0.6 is 0 Å². The molecule has 0 amide bonds. The third-order valence-corrected chi connectivity index (χ3v) is 5.77. The molecule has 122 valence electrons. The Morgan fingerprint density at radius 3 is 1.90 bits per heavy atom. The number of aliphatic hydroxyl groups is 2. The van der Waals surface area contributed by atoms with Crippen molar-refractivity contribution in [2.24, 2.45) is 17.8 Å². The van der Waals surface area contributed by atoms with Crippen molar-refractivity contribution in [2.75, 3.05) is 13.1 Å². The zero-order chi connectivity index (χ0) is 15.5. The van der Waals surface area contributed by atoms with E-state index < -0.39 is 5.91 Å². The fourth-order valence-corrected chi connectivity index (χ4v) is 5.13. The summed E-state index contributed by atoms with van der Waals surface area (Å²) in [5.74, 6) is -0.507. The average Bonchev–Trinajstić information content (AvgIpc) is 2.83. The monoisotopic (exact) mass is 297 g/mol. The summed E-state index contributed by atoms with van der Waals surface area (Å²) >= 11 is 0. The Hall–Kier alpha value is -0.160. The summed E-state index contributed by atoms with van der Waals surface area (Å²) in [6.07, 6.45) is 5.19. The first-order valence-corrected chi connectivity index (χ1v) is 8.49. The van der Waals surface area contributed by atoms with Gasteiger partial charge < -0.3 is 14.9 Å². The van der Waals surface area contributed by atoms with E-state index in [0.29, 0.717) is 24.7 Å². The predicted octanol–water partition coefficient (Wildman–Crippen LogP) is 2.34. The highest BCUT2D eigenvalue weighted by Crippen LogP contribution is 2.46. The van der Waals surface area contributed by atoms with E-state index in [2.05, 4.69) is 27.7 Å². The molecule has 1 aliphatic carbocycles. The van der Waals surface area contributed by atoms with Crippen molar-refractivity contribution < 1.29 is 14.9 Å². The third kappa shape index (κ3) is 3.00. The molecule has 0 aromatic heterocycles. The third-order valence-electron chi connectivity index (χ3n) is 5.77. The number of ether oxygens (including phenoxy) is 1. The zero-order valence-corrected chi connectivity index (χ0v) is 13.9. The Bertz CT molecular complexity index is 377. The summed E-state index contributed by atoms with van der Waals surface area (Å²) < 4.78 is 6.08. The van der Waals surface area contributed by atoms with Crippen molar-refractivity contribution in [3.8, 4) is 0 Å². The molecule has 2 unspecified atom stereocenters. The molecular weight excluding hydrogens is 266 g/mol. The van der Waals surface area contributed by atoms with Gasteiger partial charge in [0.2, 0.25) is 5.91 Å². The predicted molar refractivity (Wildman–Crippen MR) is 81.5 cm³/mol. The van der Waals surface area contributed by atoms with Crippen LogP contribution in [0.1, 0.15) is 59.8 Å². The summed E-state index contributed by atoms with van der Waals surface area (Å²) in [5, 5.41) is 21.8. The van der Waals surface area contributed by atoms with Crippen LogP contribution in [0.2, 0.25) is 0 Å². The fraction of sp³-hybridized carbons (Fsp3) is 1.00. The summed E-state index contributed by atoms with van der Waals surface area (Å²) in [6, 6.07) is 0. The lowest BCUT2D eigenvalue weighted by Gasteiger charge is -2.50. The molecule has 3 aliphatic rings. The maximum absolute atomic E-state index is 10.9. The summed E-state index contributed by atoms with van der Waals surface area (Å²) in [6.45, 7) is 9.89. The highest BCUT2D eigenvalue weighted by Gasteiger charge is 2.53. The van der Waals surface area contributed by atoms with Crippen molar-refractivity contribution in [1.29, 1.82) is 0 Å². The Balaban J connectivity index is 1.75. The highest BCUT2D eigenvalue weighted by molar-refractivity contribution is 4.97. The van der Waals surface area contributed by atoms with Gasteiger partial charge in [-0.05, 0) is 65.2 Å². The number of hydrogen-bond acceptors (Lipinski definition) is 4. The molecular formula is C17H31NO3. The van der Waals surface area contributed by atoms with Crippen molar-refractivity contribution in [2.45, 2.75) is 76.9 Å². The van der Waals surface area contributed by atoms with E-state index in [9.17, 15) is 10.2 Å². The van der Waals surface area contributed by atoms with Crippen LogP contribution in [-0.2, 0) is 4.74 Å². The standard InChI is InChI=1S/C17H31NO3/c1-15(2)8-14(9-16(3,4)21-15)17(19,20)18-10-12-6-5-7-13(12)11-18/h12-14,19-20H,5-11H2,1-4H3. The SMILES string of the molecule is CC1(C)CC(C(O)(O)N2CC3CCCC3C2)CC(C)(C)O1. The average molecular weight is 297 g/mol. The normalized spacial score (nSPS) is 36.9. The molecule has 4 heteroatoms. The van der Waals surface area contributed by atoms with Crippen LogP contribution in [0.4, 0.5) is 0 Å². The van der Waals surface area contributed by atoms with E-state index in [1.54, 1.807) is 0 Å². The molecule has 2 heterocycles. The first-order chi connectivity index (χ1) is 9.59. The van der Waals surface area contributed by atoms with Crippen LogP contribution in [-0.4, -0.2) is 45.3 Å². The minimum Gasteiger partial charge on any atom is -0.370 e. The van der Waals surface area contributed by atoms with Crippen molar-refractivity contribution in [3.05, 3.63) is 0 Å². The van der Waals surface area contributed by atoms with Crippen molar-refractivity contribution >= 4 is 0 Å². The second-order valence-electron chi connectivity index (χ2n) is 8.77. The van der Waals surface area contributed by atoms with Crippen molar-refractivity contribution in [3.63, 3.8) is 0 Å². The maximum atomic E-state index is 10.9. The molecule has 3 rings (SSSR count). The molecule has 1 saturated carbocycles. The molecule has 3 fully saturated rings. The molecule has 0 spiro atoms. The number of hydrogen-bond donors (Lipinski definition) is 2. The fourth-order valence-electron chi connectivity index (χ4n) is 5.13. The largest absolute Gasteiger partial charge is 0.370 e. The van der Waals surface area contributed by atoms with Crippen LogP contribution in [0.15, 0.2) is 0 Å². The Morgan fingerprint density at radius 1 is 0.952 bits per heavy atom. The lowest BCUT2D eigenvalue weighted by atomic mass is 9.78. The quantitative estimate of drug-likeness (QED) is 0.768. The molecule has 4 nitrogen and oxygen atoms in total. The number of likely N-dealkylation sites (tertiary alicyclic amines) is 1. The second kappa shape index (κ2) is 4.92. The minimum absolute atomic E-state index is 0.157. The Morgan fingerprint density at radius 2 is 1.43 bits per heavy atom. The molecule has 2 N–H and O–H groups in total. The zero-order valence-electron chi connectivity index (χ0n) is 13.9. The van der Waals surface area contributed by atoms with Gasteiger partial charge >= 0.3 is 0 Å². The number of fused-ring (bicyclic) bond motifs is 1. The van der Waals surface area contributed by atoms with Crippen LogP contribution in [0.25, 0.3) is 0 Å². The molecule has 0 aromatic rings. The molecule has 0 radical (unpaired) electrons. The lowest BCUT2D eigenvalue weighted by molar-refractivity contribution is -0.323. The highest BCUT2D eigenvalue weighted by atomic mass is 16.5. The lowest BCUT2D eigenvalue weighted by Crippen LogP contribution is -2.59. The molecule has 21 heavy (non-hydrogen) atoms. The first-order valence-electron chi connectivity index (χ1n) is 8.49. The van der Waals surface area contributed by atoms with Gasteiger partial charge in [-0.15, -0.1) is 0 Å². The van der Waals surface area contributed by atoms with Gasteiger partial charge in [0.1, 0.15) is 0 Å². The Kier molecular flexibility index (Phi) is 3.68. The molecule has 2 saturated heterocycles.